The third-order valence-corrected chi connectivity index (χ3v) is 10.1. The monoisotopic (exact) mass is 392 g/mol. The van der Waals surface area contributed by atoms with Crippen molar-refractivity contribution < 1.29 is 20.1 Å². The highest BCUT2D eigenvalue weighted by Gasteiger charge is 2.63. The largest absolute Gasteiger partial charge is 0.481 e. The molecule has 4 rings (SSSR count). The first kappa shape index (κ1) is 20.7. The maximum absolute atomic E-state index is 11.4. The summed E-state index contributed by atoms with van der Waals surface area (Å²) in [6.07, 6.45) is 9.20. The third kappa shape index (κ3) is 3.14. The number of aliphatic carboxylic acids is 1. The number of hydrogen-bond donors (Lipinski definition) is 3. The molecule has 0 aliphatic heterocycles. The Kier molecular flexibility index (Phi) is 5.36. The second-order valence-electron chi connectivity index (χ2n) is 11.4. The van der Waals surface area contributed by atoms with Gasteiger partial charge in [0, 0.05) is 6.42 Å². The van der Waals surface area contributed by atoms with Gasteiger partial charge in [0.25, 0.3) is 0 Å². The van der Waals surface area contributed by atoms with Crippen LogP contribution in [0.25, 0.3) is 0 Å². The van der Waals surface area contributed by atoms with Gasteiger partial charge in [0.05, 0.1) is 12.2 Å². The molecule has 0 bridgehead atoms. The second kappa shape index (κ2) is 7.27. The van der Waals surface area contributed by atoms with Crippen molar-refractivity contribution >= 4 is 5.97 Å². The minimum atomic E-state index is -0.693. The van der Waals surface area contributed by atoms with Gasteiger partial charge >= 0.3 is 5.97 Å². The van der Waals surface area contributed by atoms with Gasteiger partial charge in [-0.2, -0.15) is 0 Å². The number of rotatable bonds is 4. The predicted molar refractivity (Wildman–Crippen MR) is 109 cm³/mol. The Balaban J connectivity index is 1.56. The lowest BCUT2D eigenvalue weighted by atomic mass is 9.43. The van der Waals surface area contributed by atoms with Gasteiger partial charge in [-0.05, 0) is 104 Å². The molecule has 0 spiro atoms. The molecule has 4 nitrogen and oxygen atoms in total. The lowest BCUT2D eigenvalue weighted by Gasteiger charge is -2.62. The van der Waals surface area contributed by atoms with Gasteiger partial charge in [0.2, 0.25) is 0 Å². The van der Waals surface area contributed by atoms with E-state index in [9.17, 15) is 15.0 Å². The van der Waals surface area contributed by atoms with Crippen molar-refractivity contribution in [2.75, 3.05) is 0 Å². The Labute approximate surface area is 170 Å². The molecule has 28 heavy (non-hydrogen) atoms. The summed E-state index contributed by atoms with van der Waals surface area (Å²) < 4.78 is 0. The standard InChI is InChI=1S/C24H40O4/c1-14(4-9-21(27)28)18-7-8-19-17-6-5-15-12-16(25)10-11-23(15,2)22(17)20(26)13-24(18,19)3/h14-20,22,25-26H,4-13H2,1-3H3,(H,27,28)/t14-,15?,16-,17+,18-,19+,20?,22-,23+,24-/m1/s1. The van der Waals surface area contributed by atoms with Crippen LogP contribution < -0.4 is 0 Å². The van der Waals surface area contributed by atoms with Gasteiger partial charge in [-0.1, -0.05) is 20.8 Å². The molecule has 10 atom stereocenters. The topological polar surface area (TPSA) is 77.8 Å². The van der Waals surface area contributed by atoms with Crippen LogP contribution in [0.1, 0.15) is 85.0 Å². The maximum Gasteiger partial charge on any atom is 0.303 e. The fourth-order valence-electron chi connectivity index (χ4n) is 8.89. The van der Waals surface area contributed by atoms with E-state index in [0.29, 0.717) is 35.5 Å². The lowest BCUT2D eigenvalue weighted by molar-refractivity contribution is -0.179. The van der Waals surface area contributed by atoms with E-state index in [-0.39, 0.29) is 29.5 Å². The molecule has 0 heterocycles. The number of fused-ring (bicyclic) bond motifs is 5. The van der Waals surface area contributed by atoms with Gasteiger partial charge in [-0.3, -0.25) is 4.79 Å². The molecule has 4 heteroatoms. The SMILES string of the molecule is C[C@H](CCC(=O)O)[C@H]1CC[C@H]2[C@@H]3CCC4C[C@H](O)CC[C@]4(C)[C@H]3C(O)C[C@]12C. The van der Waals surface area contributed by atoms with E-state index in [2.05, 4.69) is 20.8 Å². The van der Waals surface area contributed by atoms with E-state index in [1.54, 1.807) is 0 Å². The molecule has 4 saturated carbocycles. The van der Waals surface area contributed by atoms with Crippen molar-refractivity contribution in [3.63, 3.8) is 0 Å². The Morgan fingerprint density at radius 3 is 2.54 bits per heavy atom. The molecule has 160 valence electrons. The summed E-state index contributed by atoms with van der Waals surface area (Å²) in [7, 11) is 0. The molecule has 3 N–H and O–H groups in total. The van der Waals surface area contributed by atoms with Gasteiger partial charge in [-0.15, -0.1) is 0 Å². The summed E-state index contributed by atoms with van der Waals surface area (Å²) in [5.41, 5.74) is 0.325. The molecule has 4 aliphatic rings. The van der Waals surface area contributed by atoms with Gasteiger partial charge in [-0.25, -0.2) is 0 Å². The van der Waals surface area contributed by atoms with Crippen molar-refractivity contribution in [3.05, 3.63) is 0 Å². The second-order valence-corrected chi connectivity index (χ2v) is 11.4. The number of carboxylic acid groups (broad SMARTS) is 1. The summed E-state index contributed by atoms with van der Waals surface area (Å²) in [4.78, 5) is 11.1. The highest BCUT2D eigenvalue weighted by atomic mass is 16.4. The van der Waals surface area contributed by atoms with Crippen LogP contribution in [-0.4, -0.2) is 33.5 Å². The first-order chi connectivity index (χ1) is 13.2. The highest BCUT2D eigenvalue weighted by Crippen LogP contribution is 2.68. The van der Waals surface area contributed by atoms with Crippen LogP contribution >= 0.6 is 0 Å². The quantitative estimate of drug-likeness (QED) is 0.659. The number of aliphatic hydroxyl groups is 2. The molecule has 0 aromatic carbocycles. The van der Waals surface area contributed by atoms with Crippen LogP contribution in [0.15, 0.2) is 0 Å². The smallest absolute Gasteiger partial charge is 0.303 e. The van der Waals surface area contributed by atoms with Gasteiger partial charge < -0.3 is 15.3 Å². The fourth-order valence-corrected chi connectivity index (χ4v) is 8.89. The lowest BCUT2D eigenvalue weighted by Crippen LogP contribution is -2.59. The average Bonchev–Trinajstić information content (AvgIpc) is 2.96. The Morgan fingerprint density at radius 2 is 1.82 bits per heavy atom. The van der Waals surface area contributed by atoms with E-state index in [4.69, 9.17) is 5.11 Å². The molecule has 0 amide bonds. The third-order valence-electron chi connectivity index (χ3n) is 10.1. The molecular formula is C24H40O4. The van der Waals surface area contributed by atoms with E-state index in [0.717, 1.165) is 32.1 Å². The van der Waals surface area contributed by atoms with Crippen LogP contribution in [0.3, 0.4) is 0 Å². The summed E-state index contributed by atoms with van der Waals surface area (Å²) in [6.45, 7) is 7.06. The van der Waals surface area contributed by atoms with Crippen LogP contribution in [-0.2, 0) is 4.79 Å². The Morgan fingerprint density at radius 1 is 1.07 bits per heavy atom. The van der Waals surface area contributed by atoms with E-state index in [1.807, 2.05) is 0 Å². The summed E-state index contributed by atoms with van der Waals surface area (Å²) in [5, 5.41) is 30.7. The highest BCUT2D eigenvalue weighted by molar-refractivity contribution is 5.66. The normalized spacial score (nSPS) is 51.7. The van der Waals surface area contributed by atoms with Crippen LogP contribution in [0.5, 0.6) is 0 Å². The van der Waals surface area contributed by atoms with Crippen molar-refractivity contribution in [2.24, 2.45) is 46.3 Å². The van der Waals surface area contributed by atoms with Crippen molar-refractivity contribution in [1.29, 1.82) is 0 Å². The molecule has 0 saturated heterocycles. The van der Waals surface area contributed by atoms with Gasteiger partial charge in [0.15, 0.2) is 0 Å². The number of carbonyl (C=O) groups is 1. The van der Waals surface area contributed by atoms with Crippen LogP contribution in [0.2, 0.25) is 0 Å². The fraction of sp³-hybridized carbons (Fsp3) is 0.958. The predicted octanol–water partition coefficient (Wildman–Crippen LogP) is 4.48. The first-order valence-electron chi connectivity index (χ1n) is 11.7. The molecule has 0 aromatic rings. The minimum absolute atomic E-state index is 0.147. The van der Waals surface area contributed by atoms with Crippen molar-refractivity contribution in [2.45, 2.75) is 97.2 Å². The van der Waals surface area contributed by atoms with Crippen molar-refractivity contribution in [1.82, 2.24) is 0 Å². The van der Waals surface area contributed by atoms with Gasteiger partial charge in [0.1, 0.15) is 0 Å². The Bertz CT molecular complexity index is 605. The zero-order valence-corrected chi connectivity index (χ0v) is 17.9. The summed E-state index contributed by atoms with van der Waals surface area (Å²) >= 11 is 0. The summed E-state index contributed by atoms with van der Waals surface area (Å²) in [5.74, 6) is 2.46. The van der Waals surface area contributed by atoms with Crippen LogP contribution in [0.4, 0.5) is 0 Å². The average molecular weight is 393 g/mol. The molecule has 0 aromatic heterocycles. The molecule has 2 unspecified atom stereocenters. The van der Waals surface area contributed by atoms with E-state index >= 15 is 0 Å². The molecule has 4 aliphatic carbocycles. The summed E-state index contributed by atoms with van der Waals surface area (Å²) in [6, 6.07) is 0. The van der Waals surface area contributed by atoms with Crippen molar-refractivity contribution in [3.8, 4) is 0 Å². The van der Waals surface area contributed by atoms with E-state index < -0.39 is 5.97 Å². The van der Waals surface area contributed by atoms with E-state index in [1.165, 1.54) is 25.7 Å². The zero-order valence-electron chi connectivity index (χ0n) is 17.9. The molecule has 0 radical (unpaired) electrons. The number of aliphatic hydroxyl groups excluding tert-OH is 2. The molecule has 4 fully saturated rings. The maximum atomic E-state index is 11.4. The molecular weight excluding hydrogens is 352 g/mol. The van der Waals surface area contributed by atoms with Crippen LogP contribution in [0, 0.1) is 46.3 Å². The number of carboxylic acids is 1. The Hall–Kier alpha value is -0.610. The first-order valence-corrected chi connectivity index (χ1v) is 11.7. The number of hydrogen-bond acceptors (Lipinski definition) is 3. The zero-order chi connectivity index (χ0) is 20.3. The minimum Gasteiger partial charge on any atom is -0.481 e.